The Morgan fingerprint density at radius 2 is 1.65 bits per heavy atom. The van der Waals surface area contributed by atoms with Gasteiger partial charge < -0.3 is 4.90 Å². The van der Waals surface area contributed by atoms with Crippen LogP contribution in [0.2, 0.25) is 0 Å². The van der Waals surface area contributed by atoms with Crippen molar-refractivity contribution in [2.75, 3.05) is 29.5 Å². The van der Waals surface area contributed by atoms with Crippen LogP contribution >= 0.6 is 0 Å². The van der Waals surface area contributed by atoms with Gasteiger partial charge in [-0.05, 0) is 6.07 Å². The zero-order valence-electron chi connectivity index (χ0n) is 10.3. The van der Waals surface area contributed by atoms with Crippen molar-refractivity contribution < 1.29 is 18.3 Å². The van der Waals surface area contributed by atoms with E-state index < -0.39 is 25.4 Å². The van der Waals surface area contributed by atoms with Crippen LogP contribution < -0.4 is 4.90 Å². The van der Waals surface area contributed by atoms with Gasteiger partial charge in [-0.25, -0.2) is 8.42 Å². The van der Waals surface area contributed by atoms with Crippen molar-refractivity contribution in [3.63, 3.8) is 0 Å². The van der Waals surface area contributed by atoms with Gasteiger partial charge in [0.1, 0.15) is 5.69 Å². The van der Waals surface area contributed by atoms with Gasteiger partial charge in [-0.2, -0.15) is 0 Å². The largest absolute Gasteiger partial charge is 0.364 e. The summed E-state index contributed by atoms with van der Waals surface area (Å²) in [6, 6.07) is 3.35. The maximum absolute atomic E-state index is 11.3. The summed E-state index contributed by atoms with van der Waals surface area (Å²) < 4.78 is 22.7. The Labute approximate surface area is 114 Å². The average Bonchev–Trinajstić information content (AvgIpc) is 2.38. The molecule has 20 heavy (non-hydrogen) atoms. The van der Waals surface area contributed by atoms with E-state index in [9.17, 15) is 28.6 Å². The minimum absolute atomic E-state index is 0.0822. The minimum atomic E-state index is -3.10. The van der Waals surface area contributed by atoms with Gasteiger partial charge in [0.05, 0.1) is 27.4 Å². The lowest BCUT2D eigenvalue weighted by Crippen LogP contribution is -2.40. The highest BCUT2D eigenvalue weighted by molar-refractivity contribution is 7.91. The Bertz CT molecular complexity index is 658. The Morgan fingerprint density at radius 3 is 2.15 bits per heavy atom. The lowest BCUT2D eigenvalue weighted by Gasteiger charge is -2.28. The zero-order valence-corrected chi connectivity index (χ0v) is 11.1. The fraction of sp³-hybridized carbons (Fsp3) is 0.400. The van der Waals surface area contributed by atoms with Crippen molar-refractivity contribution in [1.82, 2.24) is 0 Å². The molecule has 1 aliphatic rings. The van der Waals surface area contributed by atoms with Crippen molar-refractivity contribution in [1.29, 1.82) is 0 Å². The van der Waals surface area contributed by atoms with Crippen molar-refractivity contribution in [2.24, 2.45) is 0 Å². The second kappa shape index (κ2) is 5.04. The van der Waals surface area contributed by atoms with Crippen molar-refractivity contribution in [2.45, 2.75) is 0 Å². The molecule has 0 N–H and O–H groups in total. The van der Waals surface area contributed by atoms with Crippen LogP contribution in [0.4, 0.5) is 17.1 Å². The van der Waals surface area contributed by atoms with E-state index in [4.69, 9.17) is 0 Å². The molecule has 1 aromatic carbocycles. The van der Waals surface area contributed by atoms with Crippen LogP contribution in [0.5, 0.6) is 0 Å². The molecule has 0 aliphatic carbocycles. The third kappa shape index (κ3) is 2.85. The third-order valence-electron chi connectivity index (χ3n) is 3.05. The van der Waals surface area contributed by atoms with E-state index >= 15 is 0 Å². The summed E-state index contributed by atoms with van der Waals surface area (Å²) in [5, 5.41) is 21.6. The molecule has 0 saturated carbocycles. The molecule has 0 aromatic heterocycles. The fourth-order valence-corrected chi connectivity index (χ4v) is 3.19. The highest BCUT2D eigenvalue weighted by Gasteiger charge is 2.28. The van der Waals surface area contributed by atoms with Gasteiger partial charge in [-0.3, -0.25) is 20.2 Å². The Morgan fingerprint density at radius 1 is 1.05 bits per heavy atom. The molecule has 10 heteroatoms. The van der Waals surface area contributed by atoms with Crippen molar-refractivity contribution in [3.8, 4) is 0 Å². The average molecular weight is 301 g/mol. The highest BCUT2D eigenvalue weighted by Crippen LogP contribution is 2.32. The monoisotopic (exact) mass is 301 g/mol. The van der Waals surface area contributed by atoms with Crippen LogP contribution in [0.1, 0.15) is 0 Å². The number of rotatable bonds is 3. The van der Waals surface area contributed by atoms with Gasteiger partial charge in [0, 0.05) is 19.2 Å². The van der Waals surface area contributed by atoms with Crippen molar-refractivity contribution in [3.05, 3.63) is 38.4 Å². The number of nitro benzene ring substituents is 2. The molecule has 0 spiro atoms. The molecular weight excluding hydrogens is 290 g/mol. The molecule has 1 aliphatic heterocycles. The molecule has 1 aromatic rings. The van der Waals surface area contributed by atoms with Gasteiger partial charge in [0.25, 0.3) is 11.4 Å². The Hall–Kier alpha value is -2.23. The normalized spacial score (nSPS) is 17.7. The second-order valence-electron chi connectivity index (χ2n) is 4.33. The van der Waals surface area contributed by atoms with E-state index in [1.54, 1.807) is 4.90 Å². The SMILES string of the molecule is O=[N+]([O-])c1ccc(N2CCS(=O)(=O)CC2)c([N+](=O)[O-])c1. The number of nitro groups is 2. The minimum Gasteiger partial charge on any atom is -0.364 e. The first-order valence-electron chi connectivity index (χ1n) is 5.68. The molecule has 0 radical (unpaired) electrons. The van der Waals surface area contributed by atoms with Gasteiger partial charge in [0.2, 0.25) is 0 Å². The number of sulfone groups is 1. The molecule has 1 fully saturated rings. The first-order valence-corrected chi connectivity index (χ1v) is 7.50. The lowest BCUT2D eigenvalue weighted by molar-refractivity contribution is -0.393. The van der Waals surface area contributed by atoms with Crippen LogP contribution in [0.25, 0.3) is 0 Å². The summed E-state index contributed by atoms with van der Waals surface area (Å²) in [6.45, 7) is 0.280. The molecule has 1 heterocycles. The molecule has 0 bridgehead atoms. The standard InChI is InChI=1S/C10H11N3O6S/c14-12(15)8-1-2-9(10(7-8)13(16)17)11-3-5-20(18,19)6-4-11/h1-2,7H,3-6H2. The van der Waals surface area contributed by atoms with Crippen LogP contribution in [0.15, 0.2) is 18.2 Å². The fourth-order valence-electron chi connectivity index (χ4n) is 1.99. The molecule has 108 valence electrons. The van der Waals surface area contributed by atoms with Gasteiger partial charge in [-0.15, -0.1) is 0 Å². The first kappa shape index (κ1) is 14.2. The van der Waals surface area contributed by atoms with E-state index in [-0.39, 0.29) is 36.0 Å². The number of nitrogens with zero attached hydrogens (tertiary/aromatic N) is 3. The third-order valence-corrected chi connectivity index (χ3v) is 4.66. The highest BCUT2D eigenvalue weighted by atomic mass is 32.2. The van der Waals surface area contributed by atoms with Crippen LogP contribution in [-0.4, -0.2) is 42.9 Å². The summed E-state index contributed by atoms with van der Waals surface area (Å²) in [4.78, 5) is 21.8. The summed E-state index contributed by atoms with van der Waals surface area (Å²) in [7, 11) is -3.10. The smallest absolute Gasteiger partial charge is 0.299 e. The van der Waals surface area contributed by atoms with Crippen LogP contribution in [0, 0.1) is 20.2 Å². The van der Waals surface area contributed by atoms with E-state index in [0.717, 1.165) is 6.07 Å². The quantitative estimate of drug-likeness (QED) is 0.595. The molecule has 0 unspecified atom stereocenters. The van der Waals surface area contributed by atoms with Gasteiger partial charge >= 0.3 is 0 Å². The lowest BCUT2D eigenvalue weighted by atomic mass is 10.2. The summed E-state index contributed by atoms with van der Waals surface area (Å²) in [5.41, 5.74) is -0.556. The Kier molecular flexibility index (Phi) is 3.57. The molecule has 2 rings (SSSR count). The number of hydrogen-bond acceptors (Lipinski definition) is 7. The predicted molar refractivity (Wildman–Crippen MR) is 70.6 cm³/mol. The molecular formula is C10H11N3O6S. The summed E-state index contributed by atoms with van der Waals surface area (Å²) >= 11 is 0. The zero-order chi connectivity index (χ0) is 14.9. The topological polar surface area (TPSA) is 124 Å². The molecule has 1 saturated heterocycles. The van der Waals surface area contributed by atoms with E-state index in [0.29, 0.717) is 0 Å². The first-order chi connectivity index (χ1) is 9.30. The predicted octanol–water partition coefficient (Wildman–Crippen LogP) is 0.738. The summed E-state index contributed by atoms with van der Waals surface area (Å²) in [6.07, 6.45) is 0. The van der Waals surface area contributed by atoms with E-state index in [2.05, 4.69) is 0 Å². The number of non-ortho nitro benzene ring substituents is 1. The second-order valence-corrected chi connectivity index (χ2v) is 6.63. The van der Waals surface area contributed by atoms with E-state index in [1.165, 1.54) is 12.1 Å². The summed E-state index contributed by atoms with van der Waals surface area (Å²) in [5.74, 6) is -0.164. The van der Waals surface area contributed by atoms with Gasteiger partial charge in [-0.1, -0.05) is 0 Å². The Balaban J connectivity index is 2.37. The molecule has 9 nitrogen and oxygen atoms in total. The number of hydrogen-bond donors (Lipinski definition) is 0. The maximum Gasteiger partial charge on any atom is 0.299 e. The molecule has 0 amide bonds. The van der Waals surface area contributed by atoms with Gasteiger partial charge in [0.15, 0.2) is 9.84 Å². The maximum atomic E-state index is 11.3. The number of benzene rings is 1. The van der Waals surface area contributed by atoms with Crippen LogP contribution in [-0.2, 0) is 9.84 Å². The van der Waals surface area contributed by atoms with Crippen molar-refractivity contribution >= 4 is 26.9 Å². The van der Waals surface area contributed by atoms with Crippen LogP contribution in [0.3, 0.4) is 0 Å². The number of anilines is 1. The molecule has 0 atom stereocenters. The van der Waals surface area contributed by atoms with E-state index in [1.807, 2.05) is 0 Å².